The molecule has 0 saturated carbocycles. The van der Waals surface area contributed by atoms with Crippen LogP contribution in [0, 0.1) is 5.92 Å². The summed E-state index contributed by atoms with van der Waals surface area (Å²) in [7, 11) is 1.36. The number of benzene rings is 2. The quantitative estimate of drug-likeness (QED) is 0.282. The Labute approximate surface area is 210 Å². The van der Waals surface area contributed by atoms with Crippen molar-refractivity contribution < 1.29 is 48.7 Å². The molecule has 2 aromatic carbocycles. The first kappa shape index (κ1) is 24.0. The van der Waals surface area contributed by atoms with Crippen LogP contribution >= 0.6 is 0 Å². The maximum Gasteiger partial charge on any atom is 0.202 e. The summed E-state index contributed by atoms with van der Waals surface area (Å²) in [6.07, 6.45) is -2.31. The fourth-order valence-electron chi connectivity index (χ4n) is 5.73. The van der Waals surface area contributed by atoms with E-state index in [2.05, 4.69) is 0 Å². The minimum atomic E-state index is -1.00. The largest absolute Gasteiger partial charge is 0.507 e. The Morgan fingerprint density at radius 3 is 2.54 bits per heavy atom. The summed E-state index contributed by atoms with van der Waals surface area (Å²) >= 11 is 0. The standard InChI is InChI=1S/C26H25NO10/c1-34-14-4-2-3-10-17(14)23(32)20-19(21(10)30)22(31)11-5-9(13(29)8-28)6-15(18(11)24(20)33)35-16-7-12(27)25-26(36-16)37-25/h2-4,9,12,15-16,25-26,28,31,33H,5-8,27H2,1H3. The number of Topliss-reactive ketones (excluding diaryl/α,β-unsaturated/α-hetero) is 1. The van der Waals surface area contributed by atoms with Gasteiger partial charge in [0.05, 0.1) is 29.9 Å². The molecule has 5 N–H and O–H groups in total. The summed E-state index contributed by atoms with van der Waals surface area (Å²) in [5, 5.41) is 32.3. The van der Waals surface area contributed by atoms with Crippen LogP contribution in [0.5, 0.6) is 17.2 Å². The molecule has 4 aliphatic rings. The number of rotatable bonds is 5. The Kier molecular flexibility index (Phi) is 5.58. The lowest BCUT2D eigenvalue weighted by Gasteiger charge is -2.36. The molecule has 6 atom stereocenters. The summed E-state index contributed by atoms with van der Waals surface area (Å²) in [6.45, 7) is -0.725. The topological polar surface area (TPSA) is 178 Å². The number of carbonyl (C=O) groups is 3. The molecular weight excluding hydrogens is 486 g/mol. The second kappa shape index (κ2) is 8.61. The van der Waals surface area contributed by atoms with Crippen LogP contribution < -0.4 is 10.5 Å². The number of aliphatic hydroxyl groups is 1. The van der Waals surface area contributed by atoms with E-state index in [0.717, 1.165) is 0 Å². The average Bonchev–Trinajstić information content (AvgIpc) is 3.68. The summed E-state index contributed by atoms with van der Waals surface area (Å²) in [6, 6.07) is 4.18. The van der Waals surface area contributed by atoms with Gasteiger partial charge in [-0.2, -0.15) is 0 Å². The number of hydrogen-bond acceptors (Lipinski definition) is 11. The van der Waals surface area contributed by atoms with Crippen LogP contribution in [0.25, 0.3) is 0 Å². The fraction of sp³-hybridized carbons (Fsp3) is 0.423. The van der Waals surface area contributed by atoms with Gasteiger partial charge in [-0.1, -0.05) is 12.1 Å². The summed E-state index contributed by atoms with van der Waals surface area (Å²) in [5.74, 6) is -3.47. The molecule has 2 saturated heterocycles. The molecule has 0 aromatic heterocycles. The SMILES string of the molecule is COc1cccc2c1C(=O)c1c(O)c3c(c(O)c1C2=O)CC(C(=O)CO)CC3OC1CC(N)C2OC2O1. The van der Waals surface area contributed by atoms with Crippen molar-refractivity contribution in [1.82, 2.24) is 0 Å². The number of epoxide rings is 1. The summed E-state index contributed by atoms with van der Waals surface area (Å²) in [4.78, 5) is 39.6. The second-order valence-corrected chi connectivity index (χ2v) is 9.70. The van der Waals surface area contributed by atoms with E-state index in [1.807, 2.05) is 0 Å². The number of fused-ring (bicyclic) bond motifs is 4. The predicted octanol–water partition coefficient (Wildman–Crippen LogP) is 0.862. The number of phenolic OH excluding ortho intramolecular Hbond substituents is 2. The summed E-state index contributed by atoms with van der Waals surface area (Å²) in [5.41, 5.74) is 5.61. The number of phenols is 2. The fourth-order valence-corrected chi connectivity index (χ4v) is 5.73. The number of ketones is 3. The van der Waals surface area contributed by atoms with E-state index in [1.54, 1.807) is 6.07 Å². The number of carbonyl (C=O) groups excluding carboxylic acids is 3. The maximum atomic E-state index is 13.6. The third-order valence-electron chi connectivity index (χ3n) is 7.62. The van der Waals surface area contributed by atoms with Crippen molar-refractivity contribution in [3.05, 3.63) is 51.6 Å². The highest BCUT2D eigenvalue weighted by Crippen LogP contribution is 2.52. The smallest absolute Gasteiger partial charge is 0.202 e. The van der Waals surface area contributed by atoms with Gasteiger partial charge in [0.1, 0.15) is 30.0 Å². The first-order chi connectivity index (χ1) is 17.7. The molecule has 6 rings (SSSR count). The van der Waals surface area contributed by atoms with E-state index in [4.69, 9.17) is 24.7 Å². The minimum absolute atomic E-state index is 0.0164. The molecule has 2 aliphatic carbocycles. The number of ether oxygens (including phenoxy) is 4. The Morgan fingerprint density at radius 2 is 1.84 bits per heavy atom. The lowest BCUT2D eigenvalue weighted by Crippen LogP contribution is -2.41. The van der Waals surface area contributed by atoms with Gasteiger partial charge in [0.2, 0.25) is 5.78 Å². The van der Waals surface area contributed by atoms with Crippen molar-refractivity contribution in [3.63, 3.8) is 0 Å². The molecule has 194 valence electrons. The lowest BCUT2D eigenvalue weighted by molar-refractivity contribution is -0.208. The van der Waals surface area contributed by atoms with Gasteiger partial charge in [-0.15, -0.1) is 0 Å². The van der Waals surface area contributed by atoms with Crippen LogP contribution in [0.2, 0.25) is 0 Å². The zero-order chi connectivity index (χ0) is 26.2. The highest BCUT2D eigenvalue weighted by Gasteiger charge is 2.52. The van der Waals surface area contributed by atoms with E-state index in [1.165, 1.54) is 19.2 Å². The van der Waals surface area contributed by atoms with Crippen molar-refractivity contribution in [3.8, 4) is 17.2 Å². The minimum Gasteiger partial charge on any atom is -0.507 e. The van der Waals surface area contributed by atoms with Gasteiger partial charge in [-0.05, 0) is 18.9 Å². The number of hydrogen-bond donors (Lipinski definition) is 4. The van der Waals surface area contributed by atoms with Gasteiger partial charge in [0.25, 0.3) is 0 Å². The Bertz CT molecular complexity index is 1350. The van der Waals surface area contributed by atoms with Crippen LogP contribution in [-0.2, 0) is 25.4 Å². The molecule has 0 radical (unpaired) electrons. The average molecular weight is 511 g/mol. The van der Waals surface area contributed by atoms with E-state index in [-0.39, 0.29) is 70.5 Å². The normalized spacial score (nSPS) is 29.6. The Balaban J connectivity index is 1.49. The van der Waals surface area contributed by atoms with Gasteiger partial charge in [0.15, 0.2) is 24.1 Å². The molecule has 0 amide bonds. The first-order valence-electron chi connectivity index (χ1n) is 12.0. The third-order valence-corrected chi connectivity index (χ3v) is 7.62. The second-order valence-electron chi connectivity index (χ2n) is 9.70. The highest BCUT2D eigenvalue weighted by molar-refractivity contribution is 6.31. The zero-order valence-electron chi connectivity index (χ0n) is 19.8. The molecule has 6 unspecified atom stereocenters. The Morgan fingerprint density at radius 1 is 1.08 bits per heavy atom. The monoisotopic (exact) mass is 511 g/mol. The highest BCUT2D eigenvalue weighted by atomic mass is 16.8. The molecule has 2 aromatic rings. The van der Waals surface area contributed by atoms with E-state index in [9.17, 15) is 29.7 Å². The third kappa shape index (κ3) is 3.57. The van der Waals surface area contributed by atoms with Gasteiger partial charge < -0.3 is 40.0 Å². The van der Waals surface area contributed by atoms with Gasteiger partial charge in [0, 0.05) is 35.1 Å². The van der Waals surface area contributed by atoms with Crippen LogP contribution in [0.4, 0.5) is 0 Å². The van der Waals surface area contributed by atoms with E-state index in [0.29, 0.717) is 0 Å². The zero-order valence-corrected chi connectivity index (χ0v) is 19.8. The number of nitrogens with two attached hydrogens (primary N) is 1. The molecule has 2 aliphatic heterocycles. The van der Waals surface area contributed by atoms with Crippen molar-refractivity contribution in [2.45, 2.75) is 50.1 Å². The number of methoxy groups -OCH3 is 1. The molecular formula is C26H25NO10. The molecule has 0 spiro atoms. The van der Waals surface area contributed by atoms with E-state index < -0.39 is 60.1 Å². The van der Waals surface area contributed by atoms with Crippen LogP contribution in [0.3, 0.4) is 0 Å². The Hall–Kier alpha value is -3.35. The molecule has 11 heteroatoms. The molecule has 2 heterocycles. The van der Waals surface area contributed by atoms with Crippen molar-refractivity contribution in [1.29, 1.82) is 0 Å². The van der Waals surface area contributed by atoms with Gasteiger partial charge >= 0.3 is 0 Å². The van der Waals surface area contributed by atoms with Gasteiger partial charge in [-0.3, -0.25) is 14.4 Å². The van der Waals surface area contributed by atoms with Crippen molar-refractivity contribution in [2.75, 3.05) is 13.7 Å². The van der Waals surface area contributed by atoms with Crippen molar-refractivity contribution >= 4 is 17.3 Å². The predicted molar refractivity (Wildman–Crippen MR) is 123 cm³/mol. The van der Waals surface area contributed by atoms with E-state index >= 15 is 0 Å². The maximum absolute atomic E-state index is 13.6. The van der Waals surface area contributed by atoms with Crippen LogP contribution in [0.15, 0.2) is 18.2 Å². The molecule has 11 nitrogen and oxygen atoms in total. The van der Waals surface area contributed by atoms with Gasteiger partial charge in [-0.25, -0.2) is 0 Å². The van der Waals surface area contributed by atoms with Crippen LogP contribution in [0.1, 0.15) is 61.9 Å². The van der Waals surface area contributed by atoms with Crippen LogP contribution in [-0.4, -0.2) is 71.1 Å². The number of aromatic hydroxyl groups is 2. The first-order valence-corrected chi connectivity index (χ1v) is 12.0. The molecule has 0 bridgehead atoms. The van der Waals surface area contributed by atoms with Crippen molar-refractivity contribution in [2.24, 2.45) is 11.7 Å². The molecule has 2 fully saturated rings. The lowest BCUT2D eigenvalue weighted by atomic mass is 9.73. The summed E-state index contributed by atoms with van der Waals surface area (Å²) < 4.78 is 22.5. The molecule has 37 heavy (non-hydrogen) atoms. The number of aliphatic hydroxyl groups excluding tert-OH is 1.